The third kappa shape index (κ3) is 66.4. The Balaban J connectivity index is -0.0000000616. The Labute approximate surface area is 636 Å². The van der Waals surface area contributed by atoms with Crippen molar-refractivity contribution in [2.75, 3.05) is 0 Å². The molecule has 6 aromatic rings. The molecule has 0 unspecified atom stereocenters. The maximum atomic E-state index is 3.25. The van der Waals surface area contributed by atoms with Gasteiger partial charge >= 0.3 is 0 Å². The second-order valence-corrected chi connectivity index (χ2v) is 13.8. The smallest absolute Gasteiger partial charge is 0 e. The Morgan fingerprint density at radius 1 is 0.324 bits per heavy atom. The quantitative estimate of drug-likeness (QED) is 0.107. The molecular formula is C62H81W3Y6-13. The molecule has 0 heterocycles. The van der Waals surface area contributed by atoms with Gasteiger partial charge in [0.05, 0.1) is 0 Å². The summed E-state index contributed by atoms with van der Waals surface area (Å²) >= 11 is 0. The Kier molecular flexibility index (Phi) is 121. The molecule has 0 bridgehead atoms. The average Bonchev–Trinajstić information content (AvgIpc) is 3.32. The van der Waals surface area contributed by atoms with E-state index in [9.17, 15) is 0 Å². The van der Waals surface area contributed by atoms with Crippen LogP contribution < -0.4 is 0 Å². The first kappa shape index (κ1) is 103. The predicted molar refractivity (Wildman–Crippen MR) is 277 cm³/mol. The topological polar surface area (TPSA) is 0 Å². The summed E-state index contributed by atoms with van der Waals surface area (Å²) in [5, 5.41) is 0. The minimum atomic E-state index is 0. The second kappa shape index (κ2) is 82.8. The summed E-state index contributed by atoms with van der Waals surface area (Å²) in [5.41, 5.74) is 7.91. The van der Waals surface area contributed by atoms with Gasteiger partial charge in [0.2, 0.25) is 0 Å². The van der Waals surface area contributed by atoms with E-state index in [4.69, 9.17) is 0 Å². The van der Waals surface area contributed by atoms with Gasteiger partial charge in [0.1, 0.15) is 0 Å². The van der Waals surface area contributed by atoms with Gasteiger partial charge in [-0.05, 0) is 0 Å². The molecule has 0 nitrogen and oxygen atoms in total. The van der Waals surface area contributed by atoms with E-state index in [0.29, 0.717) is 0 Å². The van der Waals surface area contributed by atoms with E-state index in [1.165, 1.54) is 64.0 Å². The van der Waals surface area contributed by atoms with Gasteiger partial charge < -0.3 is 45.4 Å². The number of rotatable bonds is 12. The van der Waals surface area contributed by atoms with Crippen LogP contribution in [0.4, 0.5) is 0 Å². The van der Waals surface area contributed by atoms with Crippen LogP contribution in [0.5, 0.6) is 0 Å². The van der Waals surface area contributed by atoms with Crippen LogP contribution in [-0.4, -0.2) is 0 Å². The largest absolute Gasteiger partial charge is 0.346 e. The standard InChI is InChI=1S/3C16H15.2C3H8.4C2H5.3W.6Y/c3*1-14(12-15-8-4-2-5-9-15)13-16-10-6-3-7-11-16;2*1-3-2;4*1-2;;;;;;;;;/h4-11H,12-13H2,1H3;2-4,6,8-11H,12-13H2,1H3;2-8,10H,12-13H2,1H3;2*3H2,1-2H3;4*1H2,2H3;;;;;;;;;/q3*-3;;;4*-1;;;;;;;;;. The molecule has 0 aromatic heterocycles. The fourth-order valence-corrected chi connectivity index (χ4v) is 5.47. The van der Waals surface area contributed by atoms with Crippen LogP contribution in [0.15, 0.2) is 146 Å². The van der Waals surface area contributed by atoms with Crippen LogP contribution in [0.25, 0.3) is 0 Å². The van der Waals surface area contributed by atoms with Crippen molar-refractivity contribution < 1.29 is 259 Å². The number of hydrogen-bond acceptors (Lipinski definition) is 0. The van der Waals surface area contributed by atoms with Crippen LogP contribution >= 0.6 is 0 Å². The summed E-state index contributed by atoms with van der Waals surface area (Å²) in [6.45, 7) is 35.1. The summed E-state index contributed by atoms with van der Waals surface area (Å²) in [4.78, 5) is 0. The molecule has 0 fully saturated rings. The molecule has 6 rings (SSSR count). The Morgan fingerprint density at radius 2 is 0.592 bits per heavy atom. The summed E-state index contributed by atoms with van der Waals surface area (Å²) in [5.74, 6) is 4.40. The molecule has 0 aliphatic heterocycles. The fourth-order valence-electron chi connectivity index (χ4n) is 5.47. The van der Waals surface area contributed by atoms with Gasteiger partial charge in [0.25, 0.3) is 0 Å². The van der Waals surface area contributed by atoms with Crippen molar-refractivity contribution in [1.82, 2.24) is 0 Å². The average molecular weight is 1910 g/mol. The summed E-state index contributed by atoms with van der Waals surface area (Å²) in [7, 11) is 0. The van der Waals surface area contributed by atoms with E-state index >= 15 is 0 Å². The molecule has 9 heteroatoms. The summed E-state index contributed by atoms with van der Waals surface area (Å²) in [6.07, 6.45) is 8.67. The van der Waals surface area contributed by atoms with Crippen LogP contribution in [0.2, 0.25) is 0 Å². The number of hydrogen-bond donors (Lipinski definition) is 0. The zero-order chi connectivity index (χ0) is 47.1. The van der Waals surface area contributed by atoms with E-state index in [2.05, 4.69) is 185 Å². The Bertz CT molecular complexity index is 1360. The third-order valence-corrected chi connectivity index (χ3v) is 7.67. The van der Waals surface area contributed by atoms with Crippen molar-refractivity contribution in [3.63, 3.8) is 0 Å². The van der Waals surface area contributed by atoms with Crippen molar-refractivity contribution in [2.45, 2.75) is 128 Å². The van der Waals surface area contributed by atoms with Gasteiger partial charge in [0.15, 0.2) is 0 Å². The molecule has 0 saturated heterocycles. The SMILES string of the molecule is CCC.CCC.C[C-](Cc1[c-]cccc1)Cc1[c-]cccc1.C[C-](Cc1c[c-]ccc1)Cc1c[c-]ccc1.C[C-](Cc1cc[c-]cc1)Cc1cc[c-]cc1.[CH2-]C.[CH2-]C.[CH2-]C.[CH2-]C.[W].[W].[W].[Y].[Y].[Y].[Y].[Y].[Y]. The van der Waals surface area contributed by atoms with Crippen molar-refractivity contribution in [3.05, 3.63) is 261 Å². The van der Waals surface area contributed by atoms with Gasteiger partial charge in [-0.2, -0.15) is 302 Å². The minimum absolute atomic E-state index is 0. The molecule has 0 aliphatic carbocycles. The molecule has 6 radical (unpaired) electrons. The van der Waals surface area contributed by atoms with E-state index in [-0.39, 0.29) is 259 Å². The van der Waals surface area contributed by atoms with Gasteiger partial charge in [-0.15, -0.1) is 0 Å². The first-order valence-corrected chi connectivity index (χ1v) is 22.3. The molecular weight excluding hydrogens is 1830 g/mol. The molecule has 0 N–H and O–H groups in total. The zero-order valence-electron chi connectivity index (χ0n) is 45.5. The molecule has 71 heavy (non-hydrogen) atoms. The van der Waals surface area contributed by atoms with E-state index in [1.807, 2.05) is 72.8 Å². The molecule has 0 spiro atoms. The molecule has 0 aliphatic rings. The van der Waals surface area contributed by atoms with Gasteiger partial charge in [-0.25, -0.2) is 0 Å². The number of benzene rings is 6. The van der Waals surface area contributed by atoms with E-state index in [1.54, 1.807) is 27.7 Å². The minimum Gasteiger partial charge on any atom is -0.346 e. The molecule has 0 amide bonds. The van der Waals surface area contributed by atoms with Crippen LogP contribution in [-0.2, 0) is 298 Å². The third-order valence-electron chi connectivity index (χ3n) is 7.67. The first-order valence-electron chi connectivity index (χ1n) is 22.3. The normalized spacial score (nSPS) is 8.03. The monoisotopic (exact) mass is 1910 g/mol. The van der Waals surface area contributed by atoms with E-state index < -0.39 is 0 Å². The Morgan fingerprint density at radius 3 is 0.831 bits per heavy atom. The second-order valence-electron chi connectivity index (χ2n) is 13.8. The maximum Gasteiger partial charge on any atom is 0 e. The summed E-state index contributed by atoms with van der Waals surface area (Å²) < 4.78 is 0. The molecule has 378 valence electrons. The molecule has 6 aromatic carbocycles. The molecule has 0 atom stereocenters. The van der Waals surface area contributed by atoms with Gasteiger partial charge in [0, 0.05) is 259 Å². The zero-order valence-corrected chi connectivity index (χ0v) is 71.4. The van der Waals surface area contributed by atoms with Crippen LogP contribution in [0.3, 0.4) is 0 Å². The molecule has 0 saturated carbocycles. The van der Waals surface area contributed by atoms with Crippen LogP contribution in [0.1, 0.15) is 122 Å². The predicted octanol–water partition coefficient (Wildman–Crippen LogP) is 17.2. The van der Waals surface area contributed by atoms with Crippen molar-refractivity contribution in [1.29, 1.82) is 0 Å². The van der Waals surface area contributed by atoms with Crippen molar-refractivity contribution in [2.24, 2.45) is 0 Å². The Hall–Kier alpha value is 4.01. The van der Waals surface area contributed by atoms with Gasteiger partial charge in [-0.1, -0.05) is 40.5 Å². The maximum absolute atomic E-state index is 3.25. The van der Waals surface area contributed by atoms with Crippen LogP contribution in [0, 0.1) is 81.8 Å². The van der Waals surface area contributed by atoms with Crippen molar-refractivity contribution in [3.8, 4) is 0 Å². The fraction of sp³-hybridized carbons (Fsp3) is 0.306. The summed E-state index contributed by atoms with van der Waals surface area (Å²) in [6, 6.07) is 67.9. The van der Waals surface area contributed by atoms with Gasteiger partial charge in [-0.3, -0.25) is 0 Å². The first-order chi connectivity index (χ1) is 30.4. The van der Waals surface area contributed by atoms with Crippen molar-refractivity contribution >= 4 is 0 Å². The van der Waals surface area contributed by atoms with E-state index in [0.717, 1.165) is 38.5 Å².